The molecule has 0 spiro atoms. The molecule has 0 aliphatic heterocycles. The third-order valence-electron chi connectivity index (χ3n) is 4.32. The minimum absolute atomic E-state index is 0.352. The summed E-state index contributed by atoms with van der Waals surface area (Å²) in [6.07, 6.45) is 5.38. The molecule has 0 amide bonds. The molecule has 0 bridgehead atoms. The Morgan fingerprint density at radius 1 is 0.800 bits per heavy atom. The zero-order valence-electron chi connectivity index (χ0n) is 12.8. The normalized spacial score (nSPS) is 13.2. The molecule has 2 N–H and O–H groups in total. The van der Waals surface area contributed by atoms with Crippen LogP contribution in [0.3, 0.4) is 0 Å². The van der Waals surface area contributed by atoms with Crippen molar-refractivity contribution in [2.75, 3.05) is 0 Å². The molecule has 1 aliphatic rings. The molecule has 3 aromatic rings. The van der Waals surface area contributed by atoms with Gasteiger partial charge in [0.05, 0.1) is 0 Å². The summed E-state index contributed by atoms with van der Waals surface area (Å²) < 4.78 is 0. The number of hydrogen-bond donors (Lipinski definition) is 2. The van der Waals surface area contributed by atoms with E-state index in [4.69, 9.17) is 23.2 Å². The van der Waals surface area contributed by atoms with Crippen LogP contribution >= 0.6 is 23.2 Å². The molecule has 1 heterocycles. The number of hydrogen-bond acceptors (Lipinski definition) is 2. The monoisotopic (exact) mass is 370 g/mol. The molecule has 4 nitrogen and oxygen atoms in total. The Morgan fingerprint density at radius 2 is 1.36 bits per heavy atom. The van der Waals surface area contributed by atoms with E-state index in [1.807, 2.05) is 36.4 Å². The van der Waals surface area contributed by atoms with Gasteiger partial charge in [-0.05, 0) is 46.5 Å². The topological polar surface area (TPSA) is 65.7 Å². The second kappa shape index (κ2) is 6.06. The van der Waals surface area contributed by atoms with Gasteiger partial charge in [0.25, 0.3) is 5.56 Å². The summed E-state index contributed by atoms with van der Waals surface area (Å²) in [7, 11) is 0. The molecule has 0 radical (unpaired) electrons. The van der Waals surface area contributed by atoms with Crippen molar-refractivity contribution in [1.82, 2.24) is 9.97 Å². The second-order valence-electron chi connectivity index (χ2n) is 5.84. The van der Waals surface area contributed by atoms with E-state index in [9.17, 15) is 9.59 Å². The predicted octanol–water partition coefficient (Wildman–Crippen LogP) is 4.03. The molecular weight excluding hydrogens is 359 g/mol. The van der Waals surface area contributed by atoms with Crippen LogP contribution in [-0.2, 0) is 0 Å². The molecule has 0 atom stereocenters. The lowest BCUT2D eigenvalue weighted by atomic mass is 9.83. The number of rotatable bonds is 1. The number of H-pyrrole nitrogens is 2. The SMILES string of the molecule is O=c1[nH]cc(C2c3ccc(Cl)cc3C=Cc3cc(Cl)ccc32)c(=O)[nH]1. The first-order chi connectivity index (χ1) is 12.0. The molecule has 1 aromatic heterocycles. The van der Waals surface area contributed by atoms with Crippen LogP contribution in [0.5, 0.6) is 0 Å². The van der Waals surface area contributed by atoms with E-state index in [-0.39, 0.29) is 5.92 Å². The largest absolute Gasteiger partial charge is 0.325 e. The van der Waals surface area contributed by atoms with Crippen LogP contribution in [0.4, 0.5) is 0 Å². The van der Waals surface area contributed by atoms with Gasteiger partial charge in [-0.1, -0.05) is 47.5 Å². The first-order valence-electron chi connectivity index (χ1n) is 7.62. The van der Waals surface area contributed by atoms with Gasteiger partial charge in [0.1, 0.15) is 0 Å². The zero-order valence-corrected chi connectivity index (χ0v) is 14.4. The van der Waals surface area contributed by atoms with Crippen LogP contribution < -0.4 is 11.2 Å². The van der Waals surface area contributed by atoms with E-state index in [1.54, 1.807) is 12.1 Å². The van der Waals surface area contributed by atoms with Crippen molar-refractivity contribution in [2.24, 2.45) is 0 Å². The highest BCUT2D eigenvalue weighted by Gasteiger charge is 2.26. The maximum Gasteiger partial charge on any atom is 0.325 e. The third-order valence-corrected chi connectivity index (χ3v) is 4.79. The molecule has 1 aliphatic carbocycles. The van der Waals surface area contributed by atoms with E-state index in [0.29, 0.717) is 15.6 Å². The van der Waals surface area contributed by atoms with Crippen LogP contribution in [0.25, 0.3) is 12.2 Å². The summed E-state index contributed by atoms with van der Waals surface area (Å²) in [5.74, 6) is -0.352. The zero-order chi connectivity index (χ0) is 17.6. The van der Waals surface area contributed by atoms with Crippen molar-refractivity contribution in [1.29, 1.82) is 0 Å². The molecule has 0 saturated heterocycles. The Hall–Kier alpha value is -2.56. The van der Waals surface area contributed by atoms with Crippen molar-refractivity contribution >= 4 is 35.4 Å². The van der Waals surface area contributed by atoms with Crippen LogP contribution in [0.2, 0.25) is 10.0 Å². The van der Waals surface area contributed by atoms with Gasteiger partial charge >= 0.3 is 5.69 Å². The Bertz CT molecular complexity index is 1070. The lowest BCUT2D eigenvalue weighted by molar-refractivity contribution is 0.895. The van der Waals surface area contributed by atoms with Crippen molar-refractivity contribution < 1.29 is 0 Å². The second-order valence-corrected chi connectivity index (χ2v) is 6.71. The van der Waals surface area contributed by atoms with Crippen molar-refractivity contribution in [3.63, 3.8) is 0 Å². The van der Waals surface area contributed by atoms with Gasteiger partial charge in [0.2, 0.25) is 0 Å². The summed E-state index contributed by atoms with van der Waals surface area (Å²) in [6.45, 7) is 0. The smallest absolute Gasteiger partial charge is 0.314 e. The van der Waals surface area contributed by atoms with Crippen LogP contribution in [0, 0.1) is 0 Å². The summed E-state index contributed by atoms with van der Waals surface area (Å²) in [5.41, 5.74) is 3.19. The Balaban J connectivity index is 2.07. The fraction of sp³-hybridized carbons (Fsp3) is 0.0526. The summed E-state index contributed by atoms with van der Waals surface area (Å²) in [5, 5.41) is 1.23. The predicted molar refractivity (Wildman–Crippen MR) is 100 cm³/mol. The van der Waals surface area contributed by atoms with E-state index < -0.39 is 11.2 Å². The highest BCUT2D eigenvalue weighted by molar-refractivity contribution is 6.31. The summed E-state index contributed by atoms with van der Waals surface area (Å²) >= 11 is 12.3. The first kappa shape index (κ1) is 15.9. The standard InChI is InChI=1S/C19H12Cl2N2O2/c20-12-3-5-14-10(7-12)1-2-11-8-13(21)4-6-15(11)17(14)16-9-22-19(25)23-18(16)24/h1-9,17H,(H2,22,23,24,25). The molecule has 0 fully saturated rings. The number of fused-ring (bicyclic) bond motifs is 2. The first-order valence-corrected chi connectivity index (χ1v) is 8.37. The molecule has 6 heteroatoms. The molecule has 0 unspecified atom stereocenters. The van der Waals surface area contributed by atoms with Crippen LogP contribution in [-0.4, -0.2) is 9.97 Å². The van der Waals surface area contributed by atoms with Gasteiger partial charge in [-0.3, -0.25) is 9.78 Å². The number of aromatic nitrogens is 2. The number of halogens is 2. The number of nitrogens with one attached hydrogen (secondary N) is 2. The molecule has 0 saturated carbocycles. The minimum atomic E-state index is -0.534. The third kappa shape index (κ3) is 2.84. The van der Waals surface area contributed by atoms with Crippen LogP contribution in [0.15, 0.2) is 52.2 Å². The van der Waals surface area contributed by atoms with Gasteiger partial charge in [-0.25, -0.2) is 4.79 Å². The molecule has 25 heavy (non-hydrogen) atoms. The van der Waals surface area contributed by atoms with Crippen molar-refractivity contribution in [3.8, 4) is 0 Å². The van der Waals surface area contributed by atoms with Gasteiger partial charge < -0.3 is 4.98 Å². The fourth-order valence-corrected chi connectivity index (χ4v) is 3.58. The average Bonchev–Trinajstić information content (AvgIpc) is 2.72. The summed E-state index contributed by atoms with van der Waals surface area (Å²) in [6, 6.07) is 11.1. The average molecular weight is 371 g/mol. The lowest BCUT2D eigenvalue weighted by Crippen LogP contribution is -2.27. The highest BCUT2D eigenvalue weighted by Crippen LogP contribution is 2.39. The van der Waals surface area contributed by atoms with E-state index in [0.717, 1.165) is 22.3 Å². The van der Waals surface area contributed by atoms with E-state index in [1.165, 1.54) is 6.20 Å². The van der Waals surface area contributed by atoms with Crippen molar-refractivity contribution in [2.45, 2.75) is 5.92 Å². The minimum Gasteiger partial charge on any atom is -0.314 e. The maximum atomic E-state index is 12.5. The Morgan fingerprint density at radius 3 is 1.88 bits per heavy atom. The van der Waals surface area contributed by atoms with E-state index >= 15 is 0 Å². The Labute approximate surface area is 152 Å². The quantitative estimate of drug-likeness (QED) is 0.531. The molecular formula is C19H12Cl2N2O2. The van der Waals surface area contributed by atoms with E-state index in [2.05, 4.69) is 9.97 Å². The number of aromatic amines is 2. The van der Waals surface area contributed by atoms with Crippen molar-refractivity contribution in [3.05, 3.63) is 101 Å². The lowest BCUT2D eigenvalue weighted by Gasteiger charge is -2.20. The highest BCUT2D eigenvalue weighted by atomic mass is 35.5. The van der Waals surface area contributed by atoms with Gasteiger partial charge in [0.15, 0.2) is 0 Å². The summed E-state index contributed by atoms with van der Waals surface area (Å²) in [4.78, 5) is 28.7. The molecule has 124 valence electrons. The maximum absolute atomic E-state index is 12.5. The van der Waals surface area contributed by atoms with Gasteiger partial charge in [0, 0.05) is 27.7 Å². The van der Waals surface area contributed by atoms with Gasteiger partial charge in [-0.15, -0.1) is 0 Å². The van der Waals surface area contributed by atoms with Crippen LogP contribution in [0.1, 0.15) is 33.7 Å². The molecule has 4 rings (SSSR count). The van der Waals surface area contributed by atoms with Gasteiger partial charge in [-0.2, -0.15) is 0 Å². The Kier molecular flexibility index (Phi) is 3.86. The number of benzene rings is 2. The fourth-order valence-electron chi connectivity index (χ4n) is 3.22. The molecule has 2 aromatic carbocycles.